The fourth-order valence-electron chi connectivity index (χ4n) is 2.37. The SMILES string of the molecule is COCCN(C1CC1)C(CNC(C)(C)C)C(C)C. The molecule has 0 aromatic heterocycles. The zero-order valence-corrected chi connectivity index (χ0v) is 13.1. The number of rotatable bonds is 8. The largest absolute Gasteiger partial charge is 0.383 e. The van der Waals surface area contributed by atoms with E-state index in [1.54, 1.807) is 7.11 Å². The first-order valence-corrected chi connectivity index (χ1v) is 7.35. The average Bonchev–Trinajstić information content (AvgIpc) is 3.04. The lowest BCUT2D eigenvalue weighted by atomic mass is 10.00. The van der Waals surface area contributed by atoms with Crippen molar-refractivity contribution in [2.24, 2.45) is 5.92 Å². The van der Waals surface area contributed by atoms with Gasteiger partial charge in [-0.3, -0.25) is 4.90 Å². The first-order chi connectivity index (χ1) is 8.35. The van der Waals surface area contributed by atoms with Crippen molar-refractivity contribution in [2.75, 3.05) is 26.8 Å². The van der Waals surface area contributed by atoms with Crippen molar-refractivity contribution in [3.05, 3.63) is 0 Å². The van der Waals surface area contributed by atoms with Crippen LogP contribution in [-0.4, -0.2) is 49.3 Å². The molecule has 108 valence electrons. The maximum absolute atomic E-state index is 5.26. The van der Waals surface area contributed by atoms with Crippen LogP contribution in [0.4, 0.5) is 0 Å². The van der Waals surface area contributed by atoms with Crippen LogP contribution in [0.25, 0.3) is 0 Å². The highest BCUT2D eigenvalue weighted by atomic mass is 16.5. The van der Waals surface area contributed by atoms with Crippen LogP contribution in [-0.2, 0) is 4.74 Å². The second-order valence-electron chi connectivity index (χ2n) is 6.90. The van der Waals surface area contributed by atoms with Crippen molar-refractivity contribution in [1.82, 2.24) is 10.2 Å². The van der Waals surface area contributed by atoms with Gasteiger partial charge in [0, 0.05) is 37.8 Å². The first-order valence-electron chi connectivity index (χ1n) is 7.35. The molecule has 1 aliphatic carbocycles. The molecule has 0 heterocycles. The van der Waals surface area contributed by atoms with Crippen LogP contribution in [0.5, 0.6) is 0 Å². The molecular weight excluding hydrogens is 224 g/mol. The smallest absolute Gasteiger partial charge is 0.0589 e. The Hall–Kier alpha value is -0.120. The third-order valence-corrected chi connectivity index (χ3v) is 3.61. The number of hydrogen-bond donors (Lipinski definition) is 1. The van der Waals surface area contributed by atoms with Gasteiger partial charge in [-0.1, -0.05) is 13.8 Å². The molecule has 0 radical (unpaired) electrons. The van der Waals surface area contributed by atoms with E-state index in [-0.39, 0.29) is 5.54 Å². The summed E-state index contributed by atoms with van der Waals surface area (Å²) < 4.78 is 5.26. The van der Waals surface area contributed by atoms with Crippen molar-refractivity contribution in [1.29, 1.82) is 0 Å². The molecule has 1 fully saturated rings. The summed E-state index contributed by atoms with van der Waals surface area (Å²) in [6.07, 6.45) is 2.73. The van der Waals surface area contributed by atoms with Gasteiger partial charge in [0.2, 0.25) is 0 Å². The van der Waals surface area contributed by atoms with Gasteiger partial charge >= 0.3 is 0 Å². The summed E-state index contributed by atoms with van der Waals surface area (Å²) in [6.45, 7) is 14.4. The molecule has 3 heteroatoms. The van der Waals surface area contributed by atoms with E-state index in [0.717, 1.165) is 25.7 Å². The molecule has 1 saturated carbocycles. The van der Waals surface area contributed by atoms with Gasteiger partial charge in [-0.15, -0.1) is 0 Å². The van der Waals surface area contributed by atoms with E-state index in [1.807, 2.05) is 0 Å². The van der Waals surface area contributed by atoms with Gasteiger partial charge in [-0.05, 0) is 39.5 Å². The van der Waals surface area contributed by atoms with Gasteiger partial charge in [-0.2, -0.15) is 0 Å². The Morgan fingerprint density at radius 1 is 1.28 bits per heavy atom. The Morgan fingerprint density at radius 3 is 2.28 bits per heavy atom. The lowest BCUT2D eigenvalue weighted by Gasteiger charge is -2.36. The summed E-state index contributed by atoms with van der Waals surface area (Å²) in [6, 6.07) is 1.42. The third-order valence-electron chi connectivity index (χ3n) is 3.61. The van der Waals surface area contributed by atoms with Crippen LogP contribution < -0.4 is 5.32 Å². The van der Waals surface area contributed by atoms with E-state index in [4.69, 9.17) is 4.74 Å². The Morgan fingerprint density at radius 2 is 1.89 bits per heavy atom. The highest BCUT2D eigenvalue weighted by Crippen LogP contribution is 2.30. The number of nitrogens with one attached hydrogen (secondary N) is 1. The van der Waals surface area contributed by atoms with Crippen LogP contribution in [0.15, 0.2) is 0 Å². The molecule has 0 spiro atoms. The van der Waals surface area contributed by atoms with Crippen LogP contribution >= 0.6 is 0 Å². The molecule has 18 heavy (non-hydrogen) atoms. The molecule has 0 aliphatic heterocycles. The first kappa shape index (κ1) is 15.9. The predicted octanol–water partition coefficient (Wildman–Crippen LogP) is 2.51. The molecule has 1 atom stereocenters. The average molecular weight is 256 g/mol. The van der Waals surface area contributed by atoms with Gasteiger partial charge in [0.05, 0.1) is 6.61 Å². The highest BCUT2D eigenvalue weighted by molar-refractivity contribution is 4.91. The van der Waals surface area contributed by atoms with Crippen molar-refractivity contribution < 1.29 is 4.74 Å². The van der Waals surface area contributed by atoms with Gasteiger partial charge < -0.3 is 10.1 Å². The molecule has 0 saturated heterocycles. The quantitative estimate of drug-likeness (QED) is 0.722. The second kappa shape index (κ2) is 6.88. The summed E-state index contributed by atoms with van der Waals surface area (Å²) in [5.41, 5.74) is 0.198. The minimum absolute atomic E-state index is 0.198. The van der Waals surface area contributed by atoms with E-state index in [9.17, 15) is 0 Å². The number of ether oxygens (including phenoxy) is 1. The zero-order chi connectivity index (χ0) is 13.8. The van der Waals surface area contributed by atoms with E-state index < -0.39 is 0 Å². The highest BCUT2D eigenvalue weighted by Gasteiger charge is 2.35. The Bertz CT molecular complexity index is 231. The van der Waals surface area contributed by atoms with Crippen molar-refractivity contribution in [3.63, 3.8) is 0 Å². The molecule has 0 aromatic carbocycles. The maximum atomic E-state index is 5.26. The molecule has 0 amide bonds. The van der Waals surface area contributed by atoms with E-state index in [0.29, 0.717) is 12.0 Å². The molecule has 1 unspecified atom stereocenters. The lowest BCUT2D eigenvalue weighted by Crippen LogP contribution is -2.51. The standard InChI is InChI=1S/C15H32N2O/c1-12(2)14(11-16-15(3,4)5)17(9-10-18-6)13-7-8-13/h12-14,16H,7-11H2,1-6H3. The molecular formula is C15H32N2O. The maximum Gasteiger partial charge on any atom is 0.0589 e. The van der Waals surface area contributed by atoms with Crippen molar-refractivity contribution in [3.8, 4) is 0 Å². The van der Waals surface area contributed by atoms with Gasteiger partial charge in [0.1, 0.15) is 0 Å². The Labute approximate surface area is 113 Å². The normalized spacial score (nSPS) is 18.7. The Balaban J connectivity index is 2.56. The number of methoxy groups -OCH3 is 1. The zero-order valence-electron chi connectivity index (χ0n) is 13.1. The fourth-order valence-corrected chi connectivity index (χ4v) is 2.37. The molecule has 3 nitrogen and oxygen atoms in total. The van der Waals surface area contributed by atoms with Gasteiger partial charge in [0.25, 0.3) is 0 Å². The van der Waals surface area contributed by atoms with Crippen LogP contribution in [0.2, 0.25) is 0 Å². The van der Waals surface area contributed by atoms with Crippen LogP contribution in [0, 0.1) is 5.92 Å². The van der Waals surface area contributed by atoms with E-state index in [2.05, 4.69) is 44.8 Å². The summed E-state index contributed by atoms with van der Waals surface area (Å²) >= 11 is 0. The number of nitrogens with zero attached hydrogens (tertiary/aromatic N) is 1. The fraction of sp³-hybridized carbons (Fsp3) is 1.00. The minimum Gasteiger partial charge on any atom is -0.383 e. The molecule has 1 N–H and O–H groups in total. The van der Waals surface area contributed by atoms with Crippen molar-refractivity contribution >= 4 is 0 Å². The van der Waals surface area contributed by atoms with Crippen molar-refractivity contribution in [2.45, 2.75) is 65.1 Å². The topological polar surface area (TPSA) is 24.5 Å². The molecule has 0 aromatic rings. The summed E-state index contributed by atoms with van der Waals surface area (Å²) in [5.74, 6) is 0.678. The lowest BCUT2D eigenvalue weighted by molar-refractivity contribution is 0.0895. The van der Waals surface area contributed by atoms with Gasteiger partial charge in [-0.25, -0.2) is 0 Å². The summed E-state index contributed by atoms with van der Waals surface area (Å²) in [5, 5.41) is 3.66. The van der Waals surface area contributed by atoms with Crippen LogP contribution in [0.3, 0.4) is 0 Å². The molecule has 1 rings (SSSR count). The summed E-state index contributed by atoms with van der Waals surface area (Å²) in [7, 11) is 1.79. The Kier molecular flexibility index (Phi) is 6.09. The van der Waals surface area contributed by atoms with Crippen LogP contribution in [0.1, 0.15) is 47.5 Å². The molecule has 1 aliphatic rings. The summed E-state index contributed by atoms with van der Waals surface area (Å²) in [4.78, 5) is 2.66. The monoisotopic (exact) mass is 256 g/mol. The minimum atomic E-state index is 0.198. The second-order valence-corrected chi connectivity index (χ2v) is 6.90. The third kappa shape index (κ3) is 5.68. The van der Waals surface area contributed by atoms with Gasteiger partial charge in [0.15, 0.2) is 0 Å². The predicted molar refractivity (Wildman–Crippen MR) is 78.0 cm³/mol. The van der Waals surface area contributed by atoms with E-state index in [1.165, 1.54) is 12.8 Å². The number of hydrogen-bond acceptors (Lipinski definition) is 3. The van der Waals surface area contributed by atoms with E-state index >= 15 is 0 Å². The molecule has 0 bridgehead atoms.